The predicted octanol–water partition coefficient (Wildman–Crippen LogP) is 3.77. The van der Waals surface area contributed by atoms with Gasteiger partial charge in [0.25, 0.3) is 0 Å². The second kappa shape index (κ2) is 5.10. The van der Waals surface area contributed by atoms with Crippen LogP contribution in [0.2, 0.25) is 0 Å². The normalized spacial score (nSPS) is 12.5. The number of aryl methyl sites for hydroxylation is 1. The second-order valence-electron chi connectivity index (χ2n) is 5.44. The fourth-order valence-electron chi connectivity index (χ4n) is 2.78. The Balaban J connectivity index is 2.26. The summed E-state index contributed by atoms with van der Waals surface area (Å²) in [6.07, 6.45) is 0. The van der Waals surface area contributed by atoms with E-state index in [-0.39, 0.29) is 0 Å². The van der Waals surface area contributed by atoms with Crippen LogP contribution in [0.25, 0.3) is 28.6 Å². The molecule has 0 saturated carbocycles. The Bertz CT molecular complexity index is 941. The van der Waals surface area contributed by atoms with E-state index in [1.165, 1.54) is 16.5 Å². The number of aromatic nitrogens is 1. The van der Waals surface area contributed by atoms with E-state index in [9.17, 15) is 0 Å². The number of nitrogens with one attached hydrogen (secondary N) is 1. The highest BCUT2D eigenvalue weighted by Crippen LogP contribution is 2.23. The third-order valence-corrected chi connectivity index (χ3v) is 4.11. The average Bonchev–Trinajstić information content (AvgIpc) is 2.84. The second-order valence-corrected chi connectivity index (χ2v) is 5.44. The molecule has 0 bridgehead atoms. The molecule has 0 amide bonds. The summed E-state index contributed by atoms with van der Waals surface area (Å²) in [6.45, 7) is 12.7. The molecule has 104 valence electrons. The maximum atomic E-state index is 4.29. The van der Waals surface area contributed by atoms with Crippen LogP contribution in [0, 0.1) is 6.92 Å². The number of fused-ring (bicyclic) bond motifs is 1. The number of allylic oxidation sites excluding steroid dienone is 1. The molecule has 0 aliphatic heterocycles. The van der Waals surface area contributed by atoms with Crippen molar-refractivity contribution in [2.75, 3.05) is 0 Å². The van der Waals surface area contributed by atoms with Crippen LogP contribution in [0.15, 0.2) is 55.1 Å². The fourth-order valence-corrected chi connectivity index (χ4v) is 2.78. The Hall–Kier alpha value is -2.54. The summed E-state index contributed by atoms with van der Waals surface area (Å²) in [6, 6.07) is 16.6. The third-order valence-electron chi connectivity index (χ3n) is 4.11. The van der Waals surface area contributed by atoms with Gasteiger partial charge < -0.3 is 4.98 Å². The summed E-state index contributed by atoms with van der Waals surface area (Å²) >= 11 is 0. The Kier molecular flexibility index (Phi) is 3.26. The van der Waals surface area contributed by atoms with Gasteiger partial charge in [0.15, 0.2) is 0 Å². The monoisotopic (exact) mass is 273 g/mol. The molecule has 0 aliphatic rings. The molecule has 1 aromatic heterocycles. The van der Waals surface area contributed by atoms with Crippen LogP contribution in [-0.2, 0) is 0 Å². The van der Waals surface area contributed by atoms with Gasteiger partial charge in [0, 0.05) is 21.5 Å². The maximum Gasteiger partial charge on any atom is 0.0494 e. The molecule has 0 spiro atoms. The molecular formula is C20H19N. The largest absolute Gasteiger partial charge is 0.354 e. The molecule has 0 atom stereocenters. The van der Waals surface area contributed by atoms with Gasteiger partial charge in [0.05, 0.1) is 0 Å². The highest BCUT2D eigenvalue weighted by molar-refractivity contribution is 5.97. The smallest absolute Gasteiger partial charge is 0.0494 e. The lowest BCUT2D eigenvalue weighted by Crippen LogP contribution is -2.24. The molecule has 0 unspecified atom stereocenters. The SMILES string of the molecule is C=C(/C(C)=c1\[nH]c2ccccc2c1=C)c1ccccc1C. The Morgan fingerprint density at radius 2 is 1.67 bits per heavy atom. The summed E-state index contributed by atoms with van der Waals surface area (Å²) < 4.78 is 0. The zero-order chi connectivity index (χ0) is 15.0. The van der Waals surface area contributed by atoms with Gasteiger partial charge >= 0.3 is 0 Å². The molecule has 0 fully saturated rings. The first-order valence-electron chi connectivity index (χ1n) is 7.11. The van der Waals surface area contributed by atoms with Crippen LogP contribution in [0.1, 0.15) is 18.1 Å². The Morgan fingerprint density at radius 3 is 2.38 bits per heavy atom. The highest BCUT2D eigenvalue weighted by atomic mass is 14.7. The van der Waals surface area contributed by atoms with Crippen molar-refractivity contribution in [2.24, 2.45) is 0 Å². The van der Waals surface area contributed by atoms with Crippen LogP contribution in [0.5, 0.6) is 0 Å². The molecule has 3 rings (SSSR count). The van der Waals surface area contributed by atoms with Gasteiger partial charge in [-0.1, -0.05) is 55.6 Å². The van der Waals surface area contributed by atoms with E-state index in [1.807, 2.05) is 12.1 Å². The molecule has 1 heteroatoms. The molecule has 1 N–H and O–H groups in total. The van der Waals surface area contributed by atoms with Crippen molar-refractivity contribution >= 4 is 28.6 Å². The maximum absolute atomic E-state index is 4.29. The van der Waals surface area contributed by atoms with Crippen molar-refractivity contribution < 1.29 is 0 Å². The molecule has 0 radical (unpaired) electrons. The van der Waals surface area contributed by atoms with Crippen LogP contribution in [0.4, 0.5) is 0 Å². The van der Waals surface area contributed by atoms with Gasteiger partial charge in [0.1, 0.15) is 0 Å². The minimum atomic E-state index is 1.04. The van der Waals surface area contributed by atoms with Crippen LogP contribution in [-0.4, -0.2) is 4.98 Å². The third kappa shape index (κ3) is 2.21. The van der Waals surface area contributed by atoms with E-state index < -0.39 is 0 Å². The molecule has 1 nitrogen and oxygen atoms in total. The van der Waals surface area contributed by atoms with Crippen molar-refractivity contribution in [2.45, 2.75) is 13.8 Å². The molecule has 21 heavy (non-hydrogen) atoms. The zero-order valence-corrected chi connectivity index (χ0v) is 12.5. The van der Waals surface area contributed by atoms with E-state index in [4.69, 9.17) is 0 Å². The minimum absolute atomic E-state index is 1.04. The van der Waals surface area contributed by atoms with E-state index in [0.29, 0.717) is 0 Å². The lowest BCUT2D eigenvalue weighted by atomic mass is 9.96. The van der Waals surface area contributed by atoms with Crippen molar-refractivity contribution in [3.05, 3.63) is 76.8 Å². The predicted molar refractivity (Wildman–Crippen MR) is 92.4 cm³/mol. The average molecular weight is 273 g/mol. The molecule has 0 saturated heterocycles. The van der Waals surface area contributed by atoms with Crippen molar-refractivity contribution in [3.63, 3.8) is 0 Å². The van der Waals surface area contributed by atoms with Gasteiger partial charge in [-0.2, -0.15) is 0 Å². The lowest BCUT2D eigenvalue weighted by Gasteiger charge is -2.09. The van der Waals surface area contributed by atoms with Crippen LogP contribution < -0.4 is 10.6 Å². The zero-order valence-electron chi connectivity index (χ0n) is 12.5. The number of H-pyrrole nitrogens is 1. The highest BCUT2D eigenvalue weighted by Gasteiger charge is 2.07. The van der Waals surface area contributed by atoms with Gasteiger partial charge in [-0.3, -0.25) is 0 Å². The molecule has 2 aromatic carbocycles. The first-order valence-corrected chi connectivity index (χ1v) is 7.11. The summed E-state index contributed by atoms with van der Waals surface area (Å²) in [5.74, 6) is 0. The summed E-state index contributed by atoms with van der Waals surface area (Å²) in [5.41, 5.74) is 5.74. The number of benzene rings is 2. The number of para-hydroxylation sites is 1. The summed E-state index contributed by atoms with van der Waals surface area (Å²) in [5, 5.41) is 3.28. The van der Waals surface area contributed by atoms with Gasteiger partial charge in [-0.15, -0.1) is 0 Å². The molecule has 0 aliphatic carbocycles. The van der Waals surface area contributed by atoms with Crippen molar-refractivity contribution in [1.82, 2.24) is 4.98 Å². The quantitative estimate of drug-likeness (QED) is 0.731. The standard InChI is InChI=1S/C20H19N/c1-13-9-5-6-10-17(13)14(2)15(3)20-16(4)18-11-7-8-12-19(18)21-20/h5-12,21H,2,4H2,1,3H3/b20-15-. The van der Waals surface area contributed by atoms with Crippen molar-refractivity contribution in [1.29, 1.82) is 0 Å². The summed E-state index contributed by atoms with van der Waals surface area (Å²) in [7, 11) is 0. The van der Waals surface area contributed by atoms with Crippen LogP contribution in [0.3, 0.4) is 0 Å². The first-order chi connectivity index (χ1) is 10.1. The van der Waals surface area contributed by atoms with Crippen molar-refractivity contribution in [3.8, 4) is 0 Å². The molecular weight excluding hydrogens is 254 g/mol. The van der Waals surface area contributed by atoms with Gasteiger partial charge in [-0.25, -0.2) is 0 Å². The number of hydrogen-bond donors (Lipinski definition) is 1. The Labute approximate surface area is 125 Å². The van der Waals surface area contributed by atoms with Crippen LogP contribution >= 0.6 is 0 Å². The van der Waals surface area contributed by atoms with E-state index in [1.54, 1.807) is 0 Å². The van der Waals surface area contributed by atoms with Gasteiger partial charge in [-0.05, 0) is 42.2 Å². The first kappa shape index (κ1) is 13.4. The molecule has 3 aromatic rings. The van der Waals surface area contributed by atoms with Gasteiger partial charge in [0.2, 0.25) is 0 Å². The number of hydrogen-bond acceptors (Lipinski definition) is 0. The molecule has 1 heterocycles. The number of rotatable bonds is 2. The lowest BCUT2D eigenvalue weighted by molar-refractivity contribution is 1.33. The van der Waals surface area contributed by atoms with E-state index >= 15 is 0 Å². The fraction of sp³-hybridized carbons (Fsp3) is 0.100. The summed E-state index contributed by atoms with van der Waals surface area (Å²) in [4.78, 5) is 3.47. The van der Waals surface area contributed by atoms with E-state index in [2.05, 4.69) is 68.4 Å². The van der Waals surface area contributed by atoms with E-state index in [0.717, 1.165) is 27.2 Å². The Morgan fingerprint density at radius 1 is 1.00 bits per heavy atom. The minimum Gasteiger partial charge on any atom is -0.354 e. The number of aromatic amines is 1. The topological polar surface area (TPSA) is 15.8 Å².